The first-order valence-corrected chi connectivity index (χ1v) is 6.91. The Labute approximate surface area is 112 Å². The average molecular weight is 258 g/mol. The number of carboxylic acids is 1. The topological polar surface area (TPSA) is 54.4 Å². The van der Waals surface area contributed by atoms with Crippen molar-refractivity contribution < 1.29 is 14.7 Å². The predicted molar refractivity (Wildman–Crippen MR) is 70.9 cm³/mol. The number of rotatable bonds is 3. The Balaban J connectivity index is 2.11. The second-order valence-electron chi connectivity index (χ2n) is 5.93. The molecule has 2 aliphatic carbocycles. The van der Waals surface area contributed by atoms with E-state index in [9.17, 15) is 14.7 Å². The molecule has 3 nitrogen and oxygen atoms in total. The van der Waals surface area contributed by atoms with E-state index in [1.165, 1.54) is 0 Å². The highest BCUT2D eigenvalue weighted by molar-refractivity contribution is 5.98. The molecule has 0 saturated heterocycles. The highest BCUT2D eigenvalue weighted by atomic mass is 16.4. The molecule has 1 aromatic rings. The van der Waals surface area contributed by atoms with Crippen LogP contribution in [0.4, 0.5) is 0 Å². The van der Waals surface area contributed by atoms with Crippen LogP contribution in [-0.2, 0) is 15.0 Å². The lowest BCUT2D eigenvalue weighted by atomic mass is 9.49. The zero-order chi connectivity index (χ0) is 13.5. The van der Waals surface area contributed by atoms with Crippen molar-refractivity contribution in [3.8, 4) is 0 Å². The minimum atomic E-state index is -0.859. The zero-order valence-electron chi connectivity index (χ0n) is 10.9. The third kappa shape index (κ3) is 1.57. The van der Waals surface area contributed by atoms with Crippen molar-refractivity contribution >= 4 is 11.8 Å². The second kappa shape index (κ2) is 4.19. The van der Waals surface area contributed by atoms with Crippen LogP contribution in [0.1, 0.15) is 44.1 Å². The molecular weight excluding hydrogens is 240 g/mol. The molecule has 19 heavy (non-hydrogen) atoms. The fourth-order valence-corrected chi connectivity index (χ4v) is 4.09. The molecule has 0 aromatic heterocycles. The minimum absolute atomic E-state index is 0.0876. The van der Waals surface area contributed by atoms with Crippen LogP contribution in [-0.4, -0.2) is 16.9 Å². The molecule has 1 aromatic carbocycles. The van der Waals surface area contributed by atoms with Gasteiger partial charge in [0.2, 0.25) is 0 Å². The molecule has 2 aliphatic rings. The average Bonchev–Trinajstić information content (AvgIpc) is 2.86. The number of hydrogen-bond donors (Lipinski definition) is 1. The molecule has 0 heterocycles. The summed E-state index contributed by atoms with van der Waals surface area (Å²) in [6.45, 7) is 0. The van der Waals surface area contributed by atoms with Crippen molar-refractivity contribution in [2.45, 2.75) is 43.9 Å². The lowest BCUT2D eigenvalue weighted by Gasteiger charge is -2.51. The van der Waals surface area contributed by atoms with Gasteiger partial charge < -0.3 is 5.11 Å². The van der Waals surface area contributed by atoms with Crippen LogP contribution in [0.15, 0.2) is 30.3 Å². The quantitative estimate of drug-likeness (QED) is 0.906. The van der Waals surface area contributed by atoms with Crippen LogP contribution >= 0.6 is 0 Å². The van der Waals surface area contributed by atoms with Gasteiger partial charge in [-0.05, 0) is 18.4 Å². The van der Waals surface area contributed by atoms with Gasteiger partial charge in [0.1, 0.15) is 5.78 Å². The van der Waals surface area contributed by atoms with Crippen LogP contribution in [0.25, 0.3) is 0 Å². The molecule has 0 unspecified atom stereocenters. The molecule has 0 aliphatic heterocycles. The molecule has 0 atom stereocenters. The van der Waals surface area contributed by atoms with Crippen LogP contribution < -0.4 is 0 Å². The molecule has 2 saturated carbocycles. The van der Waals surface area contributed by atoms with Crippen LogP contribution in [0.3, 0.4) is 0 Å². The first-order valence-electron chi connectivity index (χ1n) is 6.91. The maximum atomic E-state index is 11.9. The smallest absolute Gasteiger partial charge is 0.311 e. The van der Waals surface area contributed by atoms with Crippen LogP contribution in [0, 0.1) is 5.41 Å². The summed E-state index contributed by atoms with van der Waals surface area (Å²) < 4.78 is 0. The van der Waals surface area contributed by atoms with Gasteiger partial charge in [-0.3, -0.25) is 9.59 Å². The number of hydrogen-bond acceptors (Lipinski definition) is 2. The molecule has 0 spiro atoms. The summed E-state index contributed by atoms with van der Waals surface area (Å²) in [5, 5.41) is 9.74. The standard InChI is InChI=1S/C16H18O3/c17-13-10-16(11-13,14(18)19)15(8-4-5-9-15)12-6-2-1-3-7-12/h1-3,6-7H,4-5,8-11H2,(H,18,19). The fourth-order valence-electron chi connectivity index (χ4n) is 4.09. The second-order valence-corrected chi connectivity index (χ2v) is 5.93. The van der Waals surface area contributed by atoms with Gasteiger partial charge in [-0.2, -0.15) is 0 Å². The third-order valence-electron chi connectivity index (χ3n) is 5.11. The van der Waals surface area contributed by atoms with E-state index in [0.717, 1.165) is 31.2 Å². The van der Waals surface area contributed by atoms with Gasteiger partial charge in [0, 0.05) is 18.3 Å². The lowest BCUT2D eigenvalue weighted by Crippen LogP contribution is -2.57. The lowest BCUT2D eigenvalue weighted by molar-refractivity contribution is -0.168. The van der Waals surface area contributed by atoms with Crippen LogP contribution in [0.5, 0.6) is 0 Å². The van der Waals surface area contributed by atoms with Gasteiger partial charge in [0.15, 0.2) is 0 Å². The molecule has 0 radical (unpaired) electrons. The van der Waals surface area contributed by atoms with E-state index in [1.807, 2.05) is 30.3 Å². The van der Waals surface area contributed by atoms with Gasteiger partial charge in [-0.15, -0.1) is 0 Å². The first-order chi connectivity index (χ1) is 9.11. The van der Waals surface area contributed by atoms with E-state index in [0.29, 0.717) is 0 Å². The van der Waals surface area contributed by atoms with Crippen molar-refractivity contribution in [3.05, 3.63) is 35.9 Å². The van der Waals surface area contributed by atoms with Gasteiger partial charge in [-0.1, -0.05) is 43.2 Å². The molecule has 100 valence electrons. The Hall–Kier alpha value is -1.64. The van der Waals surface area contributed by atoms with Crippen molar-refractivity contribution in [2.24, 2.45) is 5.41 Å². The van der Waals surface area contributed by atoms with E-state index in [2.05, 4.69) is 0 Å². The van der Waals surface area contributed by atoms with E-state index < -0.39 is 11.4 Å². The van der Waals surface area contributed by atoms with Gasteiger partial charge in [-0.25, -0.2) is 0 Å². The molecule has 1 N–H and O–H groups in total. The molecule has 0 bridgehead atoms. The Morgan fingerprint density at radius 3 is 2.11 bits per heavy atom. The van der Waals surface area contributed by atoms with E-state index in [-0.39, 0.29) is 24.0 Å². The Kier molecular flexibility index (Phi) is 2.73. The summed E-state index contributed by atoms with van der Waals surface area (Å²) in [4.78, 5) is 23.3. The number of carbonyl (C=O) groups is 2. The first kappa shape index (κ1) is 12.4. The molecule has 3 rings (SSSR count). The number of Topliss-reactive ketones (excluding diaryl/α,β-unsaturated/α-hetero) is 1. The van der Waals surface area contributed by atoms with Crippen molar-refractivity contribution in [3.63, 3.8) is 0 Å². The number of carbonyl (C=O) groups excluding carboxylic acids is 1. The van der Waals surface area contributed by atoms with Gasteiger partial charge in [0.25, 0.3) is 0 Å². The Morgan fingerprint density at radius 2 is 1.63 bits per heavy atom. The predicted octanol–water partition coefficient (Wildman–Crippen LogP) is 2.93. The summed E-state index contributed by atoms with van der Waals surface area (Å²) in [7, 11) is 0. The van der Waals surface area contributed by atoms with Crippen molar-refractivity contribution in [1.82, 2.24) is 0 Å². The molecule has 3 heteroatoms. The number of aliphatic carboxylic acids is 1. The zero-order valence-corrected chi connectivity index (χ0v) is 10.9. The highest BCUT2D eigenvalue weighted by Gasteiger charge is 2.64. The minimum Gasteiger partial charge on any atom is -0.481 e. The van der Waals surface area contributed by atoms with Crippen molar-refractivity contribution in [1.29, 1.82) is 0 Å². The number of carboxylic acid groups (broad SMARTS) is 1. The van der Waals surface area contributed by atoms with E-state index in [4.69, 9.17) is 0 Å². The van der Waals surface area contributed by atoms with Gasteiger partial charge in [0.05, 0.1) is 5.41 Å². The number of ketones is 1. The fraction of sp³-hybridized carbons (Fsp3) is 0.500. The highest BCUT2D eigenvalue weighted by Crippen LogP contribution is 2.60. The summed E-state index contributed by atoms with van der Waals surface area (Å²) in [6.07, 6.45) is 4.29. The molecule has 0 amide bonds. The monoisotopic (exact) mass is 258 g/mol. The SMILES string of the molecule is O=C1CC(C(=O)O)(C2(c3ccccc3)CCCC2)C1. The molecule has 2 fully saturated rings. The van der Waals surface area contributed by atoms with Gasteiger partial charge >= 0.3 is 5.97 Å². The summed E-state index contributed by atoms with van der Waals surface area (Å²) in [5.41, 5.74) is -0.0990. The van der Waals surface area contributed by atoms with E-state index >= 15 is 0 Å². The Bertz CT molecular complexity index is 504. The van der Waals surface area contributed by atoms with Crippen LogP contribution in [0.2, 0.25) is 0 Å². The normalized spacial score (nSPS) is 23.9. The summed E-state index contributed by atoms with van der Waals surface area (Å²) in [5.74, 6) is -0.706. The maximum Gasteiger partial charge on any atom is 0.311 e. The maximum absolute atomic E-state index is 11.9. The number of benzene rings is 1. The summed E-state index contributed by atoms with van der Waals surface area (Å²) in [6, 6.07) is 9.93. The largest absolute Gasteiger partial charge is 0.481 e. The van der Waals surface area contributed by atoms with Crippen molar-refractivity contribution in [2.75, 3.05) is 0 Å². The summed E-state index contributed by atoms with van der Waals surface area (Å²) >= 11 is 0. The Morgan fingerprint density at radius 1 is 1.05 bits per heavy atom. The third-order valence-corrected chi connectivity index (χ3v) is 5.11. The van der Waals surface area contributed by atoms with E-state index in [1.54, 1.807) is 0 Å². The molecular formula is C16H18O3.